The summed E-state index contributed by atoms with van der Waals surface area (Å²) in [4.78, 5) is 73.8. The topological polar surface area (TPSA) is 193 Å². The van der Waals surface area contributed by atoms with Crippen molar-refractivity contribution in [1.82, 2.24) is 40.4 Å². The summed E-state index contributed by atoms with van der Waals surface area (Å²) < 4.78 is 21.9. The number of H-pyrrole nitrogens is 2. The molecule has 1 unspecified atom stereocenters. The molecule has 4 aromatic carbocycles. The van der Waals surface area contributed by atoms with Gasteiger partial charge in [0, 0.05) is 29.6 Å². The number of likely N-dealkylation sites (tertiary alicyclic amines) is 2. The van der Waals surface area contributed by atoms with E-state index < -0.39 is 36.1 Å². The Labute approximate surface area is 375 Å². The number of amides is 4. The second kappa shape index (κ2) is 17.0. The zero-order valence-electron chi connectivity index (χ0n) is 36.8. The summed E-state index contributed by atoms with van der Waals surface area (Å²) in [6.07, 6.45) is 2.20. The molecule has 1 spiro atoms. The van der Waals surface area contributed by atoms with Crippen LogP contribution < -0.4 is 10.6 Å². The highest BCUT2D eigenvalue weighted by Crippen LogP contribution is 2.45. The number of alkyl carbamates (subject to hydrolysis) is 2. The van der Waals surface area contributed by atoms with Crippen molar-refractivity contribution in [2.75, 3.05) is 40.5 Å². The molecule has 3 aliphatic heterocycles. The van der Waals surface area contributed by atoms with E-state index in [0.717, 1.165) is 75.6 Å². The molecule has 4 N–H and O–H groups in total. The van der Waals surface area contributed by atoms with E-state index in [1.165, 1.54) is 19.8 Å². The number of aromatic amines is 2. The summed E-state index contributed by atoms with van der Waals surface area (Å²) in [5.74, 6) is -0.209. The zero-order chi connectivity index (χ0) is 45.0. The summed E-state index contributed by atoms with van der Waals surface area (Å²) in [6.45, 7) is 5.42. The molecule has 3 saturated heterocycles. The first-order valence-electron chi connectivity index (χ1n) is 22.3. The highest BCUT2D eigenvalue weighted by molar-refractivity contribution is 6.05. The van der Waals surface area contributed by atoms with Crippen LogP contribution in [0.2, 0.25) is 0 Å². The molecule has 4 aliphatic rings. The lowest BCUT2D eigenvalue weighted by molar-refractivity contribution is -0.153. The van der Waals surface area contributed by atoms with Crippen LogP contribution in [0.3, 0.4) is 0 Å². The van der Waals surface area contributed by atoms with Gasteiger partial charge in [0.2, 0.25) is 5.91 Å². The first-order chi connectivity index (χ1) is 31.5. The molecule has 0 saturated carbocycles. The average molecular weight is 881 g/mol. The molecule has 16 heteroatoms. The molecule has 0 radical (unpaired) electrons. The van der Waals surface area contributed by atoms with Crippen LogP contribution in [0, 0.1) is 5.92 Å². The maximum absolute atomic E-state index is 14.2. The molecule has 65 heavy (non-hydrogen) atoms. The van der Waals surface area contributed by atoms with Gasteiger partial charge in [0.05, 0.1) is 62.8 Å². The Morgan fingerprint density at radius 3 is 2.31 bits per heavy atom. The molecule has 5 heterocycles. The number of hydrogen-bond acceptors (Lipinski definition) is 10. The summed E-state index contributed by atoms with van der Waals surface area (Å²) in [5, 5.41) is 7.51. The number of methoxy groups -OCH3 is 2. The van der Waals surface area contributed by atoms with Crippen LogP contribution in [0.15, 0.2) is 78.9 Å². The predicted octanol–water partition coefficient (Wildman–Crippen LogP) is 7.03. The lowest BCUT2D eigenvalue weighted by Crippen LogP contribution is -2.52. The second-order valence-corrected chi connectivity index (χ2v) is 17.7. The van der Waals surface area contributed by atoms with Gasteiger partial charge in [-0.25, -0.2) is 19.6 Å². The molecule has 6 aromatic rings. The molecule has 336 valence electrons. The molecule has 2 aromatic heterocycles. The number of aryl methyl sites for hydroxylation is 2. The predicted molar refractivity (Wildman–Crippen MR) is 240 cm³/mol. The smallest absolute Gasteiger partial charge is 0.407 e. The Morgan fingerprint density at radius 2 is 1.54 bits per heavy atom. The van der Waals surface area contributed by atoms with Crippen molar-refractivity contribution in [3.63, 3.8) is 0 Å². The van der Waals surface area contributed by atoms with Gasteiger partial charge < -0.3 is 49.3 Å². The number of benzene rings is 4. The minimum absolute atomic E-state index is 0.192. The third kappa shape index (κ3) is 7.73. The quantitative estimate of drug-likeness (QED) is 0.117. The molecular formula is C49H52N8O8. The van der Waals surface area contributed by atoms with Gasteiger partial charge >= 0.3 is 12.2 Å². The SMILES string of the molecule is COC(=O)NC(C(=O)N1CC2(C[C@H]1c1nc3c([nH]1)CCc1cc(-c4ccc5c(ccc6[nH]c([C@@H]7CCCN7C(=O)[C@H](NC(=O)OC)c7ccccc7)nc65)c4)ccc1-3)OCCO2)C(C)C. The minimum Gasteiger partial charge on any atom is -0.453 e. The van der Waals surface area contributed by atoms with Gasteiger partial charge in [0.15, 0.2) is 5.79 Å². The van der Waals surface area contributed by atoms with E-state index in [1.807, 2.05) is 55.1 Å². The highest BCUT2D eigenvalue weighted by Gasteiger charge is 2.53. The second-order valence-electron chi connectivity index (χ2n) is 17.7. The van der Waals surface area contributed by atoms with Crippen LogP contribution in [0.5, 0.6) is 0 Å². The third-order valence-electron chi connectivity index (χ3n) is 13.4. The number of hydrogen-bond donors (Lipinski definition) is 4. The molecular weight excluding hydrogens is 829 g/mol. The number of rotatable bonds is 9. The summed E-state index contributed by atoms with van der Waals surface area (Å²) >= 11 is 0. The van der Waals surface area contributed by atoms with Crippen molar-refractivity contribution in [1.29, 1.82) is 0 Å². The van der Waals surface area contributed by atoms with Gasteiger partial charge in [0.25, 0.3) is 5.91 Å². The van der Waals surface area contributed by atoms with Crippen molar-refractivity contribution >= 4 is 45.8 Å². The van der Waals surface area contributed by atoms with E-state index in [9.17, 15) is 19.2 Å². The Bertz CT molecular complexity index is 2810. The van der Waals surface area contributed by atoms with Crippen molar-refractivity contribution < 1.29 is 38.1 Å². The summed E-state index contributed by atoms with van der Waals surface area (Å²) in [7, 11) is 2.57. The summed E-state index contributed by atoms with van der Waals surface area (Å²) in [5.41, 5.74) is 8.68. The monoisotopic (exact) mass is 880 g/mol. The van der Waals surface area contributed by atoms with Gasteiger partial charge in [-0.1, -0.05) is 80.6 Å². The van der Waals surface area contributed by atoms with Crippen molar-refractivity contribution in [3.8, 4) is 22.4 Å². The van der Waals surface area contributed by atoms with Crippen LogP contribution in [0.25, 0.3) is 44.2 Å². The Morgan fingerprint density at radius 1 is 0.800 bits per heavy atom. The molecule has 16 nitrogen and oxygen atoms in total. The Hall–Kier alpha value is -6.78. The maximum Gasteiger partial charge on any atom is 0.407 e. The van der Waals surface area contributed by atoms with Crippen LogP contribution >= 0.6 is 0 Å². The van der Waals surface area contributed by atoms with Crippen LogP contribution in [0.4, 0.5) is 9.59 Å². The molecule has 0 bridgehead atoms. The van der Waals surface area contributed by atoms with Crippen LogP contribution in [-0.2, 0) is 41.4 Å². The van der Waals surface area contributed by atoms with Gasteiger partial charge in [-0.05, 0) is 71.4 Å². The van der Waals surface area contributed by atoms with Gasteiger partial charge in [-0.2, -0.15) is 0 Å². The van der Waals surface area contributed by atoms with Gasteiger partial charge in [-0.15, -0.1) is 0 Å². The number of fused-ring (bicyclic) bond motifs is 6. The highest BCUT2D eigenvalue weighted by atomic mass is 16.7. The number of nitrogens with one attached hydrogen (secondary N) is 4. The van der Waals surface area contributed by atoms with E-state index in [0.29, 0.717) is 43.4 Å². The minimum atomic E-state index is -0.936. The van der Waals surface area contributed by atoms with Crippen molar-refractivity contribution in [2.24, 2.45) is 5.92 Å². The number of nitrogens with zero attached hydrogens (tertiary/aromatic N) is 4. The lowest BCUT2D eigenvalue weighted by Gasteiger charge is -2.30. The third-order valence-corrected chi connectivity index (χ3v) is 13.4. The fourth-order valence-corrected chi connectivity index (χ4v) is 10.1. The number of aromatic nitrogens is 4. The van der Waals surface area contributed by atoms with E-state index in [2.05, 4.69) is 63.1 Å². The van der Waals surface area contributed by atoms with E-state index >= 15 is 0 Å². The summed E-state index contributed by atoms with van der Waals surface area (Å²) in [6, 6.07) is 23.8. The maximum atomic E-state index is 14.2. The molecule has 4 atom stereocenters. The zero-order valence-corrected chi connectivity index (χ0v) is 36.8. The van der Waals surface area contributed by atoms with Crippen molar-refractivity contribution in [3.05, 3.63) is 107 Å². The Balaban J connectivity index is 0.904. The largest absolute Gasteiger partial charge is 0.453 e. The van der Waals surface area contributed by atoms with Gasteiger partial charge in [-0.3, -0.25) is 9.59 Å². The normalized spacial score (nSPS) is 19.6. The number of carbonyl (C=O) groups excluding carboxylic acids is 4. The standard InChI is InChI=1S/C49H52N8O8/c1-27(2)39(54-47(60)62-3)45(58)57-26-49(64-21-22-65-49)25-38(57)44-51-36-19-15-32-24-30(13-17-34(32)42(36)53-44)29-12-16-33-31(23-29)14-18-35-41(33)52-43(50-35)37-11-8-20-56(37)46(59)40(55-48(61)63-4)28-9-6-5-7-10-28/h5-7,9-10,12-14,16-18,23-24,27,37-40H,8,11,15,19-22,25-26H2,1-4H3,(H,50,52)(H,51,53)(H,54,60)(H,55,61)/t37-,38-,39?,40+/m0/s1. The average Bonchev–Trinajstić information content (AvgIpc) is 4.19. The Kier molecular flexibility index (Phi) is 11.0. The molecule has 4 amide bonds. The number of carbonyl (C=O) groups is 4. The number of imidazole rings is 2. The molecule has 1 aliphatic carbocycles. The van der Waals surface area contributed by atoms with Crippen LogP contribution in [-0.4, -0.2) is 106 Å². The fraction of sp³-hybridized carbons (Fsp3) is 0.388. The van der Waals surface area contributed by atoms with E-state index in [1.54, 1.807) is 4.90 Å². The first kappa shape index (κ1) is 42.2. The van der Waals surface area contributed by atoms with Crippen molar-refractivity contribution in [2.45, 2.75) is 75.9 Å². The van der Waals surface area contributed by atoms with E-state index in [4.69, 9.17) is 28.9 Å². The first-order valence-corrected chi connectivity index (χ1v) is 22.3. The molecule has 10 rings (SSSR count). The lowest BCUT2D eigenvalue weighted by atomic mass is 9.89. The van der Waals surface area contributed by atoms with Gasteiger partial charge in [0.1, 0.15) is 23.7 Å². The molecule has 3 fully saturated rings. The fourth-order valence-electron chi connectivity index (χ4n) is 10.1. The van der Waals surface area contributed by atoms with E-state index in [-0.39, 0.29) is 30.3 Å². The number of ether oxygens (including phenoxy) is 4. The van der Waals surface area contributed by atoms with Crippen LogP contribution in [0.1, 0.15) is 79.7 Å².